The third-order valence-electron chi connectivity index (χ3n) is 2.41. The fourth-order valence-electron chi connectivity index (χ4n) is 1.06. The van der Waals surface area contributed by atoms with Gasteiger partial charge in [-0.3, -0.25) is 10.1 Å². The minimum atomic E-state index is -0.428. The molecule has 1 N–H and O–H groups in total. The molecule has 1 aromatic heterocycles. The number of hydrogen-bond acceptors (Lipinski definition) is 5. The van der Waals surface area contributed by atoms with Crippen LogP contribution in [-0.2, 0) is 0 Å². The van der Waals surface area contributed by atoms with Crippen LogP contribution in [0.5, 0.6) is 0 Å². The minimum Gasteiger partial charge on any atom is -0.368 e. The summed E-state index contributed by atoms with van der Waals surface area (Å²) in [5, 5.41) is 13.6. The zero-order valence-corrected chi connectivity index (χ0v) is 9.67. The first-order valence-corrected chi connectivity index (χ1v) is 5.01. The zero-order valence-electron chi connectivity index (χ0n) is 9.67. The van der Waals surface area contributed by atoms with E-state index in [9.17, 15) is 10.1 Å². The summed E-state index contributed by atoms with van der Waals surface area (Å²) < 4.78 is 0. The fourth-order valence-corrected chi connectivity index (χ4v) is 1.06. The second-order valence-corrected chi connectivity index (χ2v) is 3.85. The molecule has 0 saturated carbocycles. The smallest absolute Gasteiger partial charge is 0.274 e. The first kappa shape index (κ1) is 12.4. The summed E-state index contributed by atoms with van der Waals surface area (Å²) in [7, 11) is 3.96. The molecule has 0 radical (unpaired) electrons. The molecule has 88 valence electrons. The lowest BCUT2D eigenvalue weighted by atomic mass is 10.3. The summed E-state index contributed by atoms with van der Waals surface area (Å²) in [6.45, 7) is 2.76. The largest absolute Gasteiger partial charge is 0.368 e. The summed E-state index contributed by atoms with van der Waals surface area (Å²) in [5.74, 6) is 0.530. The van der Waals surface area contributed by atoms with Crippen molar-refractivity contribution in [1.82, 2.24) is 9.88 Å². The van der Waals surface area contributed by atoms with Crippen molar-refractivity contribution in [1.29, 1.82) is 0 Å². The number of hydrogen-bond donors (Lipinski definition) is 1. The lowest BCUT2D eigenvalue weighted by Crippen LogP contribution is -2.31. The average molecular weight is 224 g/mol. The molecule has 0 fully saturated rings. The Labute approximate surface area is 94.4 Å². The molecule has 16 heavy (non-hydrogen) atoms. The van der Waals surface area contributed by atoms with E-state index in [0.717, 1.165) is 0 Å². The Morgan fingerprint density at radius 2 is 2.31 bits per heavy atom. The first-order chi connectivity index (χ1) is 7.50. The number of pyridine rings is 1. The summed E-state index contributed by atoms with van der Waals surface area (Å²) in [5.41, 5.74) is 0.0509. The molecule has 0 aromatic carbocycles. The number of rotatable bonds is 5. The van der Waals surface area contributed by atoms with Crippen LogP contribution in [-0.4, -0.2) is 41.5 Å². The Morgan fingerprint density at radius 1 is 1.62 bits per heavy atom. The Balaban J connectivity index is 2.61. The molecule has 0 amide bonds. The van der Waals surface area contributed by atoms with Crippen LogP contribution in [0, 0.1) is 10.1 Å². The Bertz CT molecular complexity index is 368. The SMILES string of the molecule is CC(CNc1cc([N+](=O)[O-])ccn1)N(C)C. The van der Waals surface area contributed by atoms with Crippen molar-refractivity contribution in [3.05, 3.63) is 28.4 Å². The molecule has 0 spiro atoms. The third-order valence-corrected chi connectivity index (χ3v) is 2.41. The number of likely N-dealkylation sites (N-methyl/N-ethyl adjacent to an activating group) is 1. The van der Waals surface area contributed by atoms with Gasteiger partial charge in [-0.2, -0.15) is 0 Å². The van der Waals surface area contributed by atoms with Crippen LogP contribution in [0.2, 0.25) is 0 Å². The Kier molecular flexibility index (Phi) is 4.19. The molecule has 1 rings (SSSR count). The molecule has 1 aromatic rings. The van der Waals surface area contributed by atoms with E-state index in [2.05, 4.69) is 22.1 Å². The van der Waals surface area contributed by atoms with Crippen LogP contribution in [0.25, 0.3) is 0 Å². The molecule has 6 nitrogen and oxygen atoms in total. The van der Waals surface area contributed by atoms with Crippen molar-refractivity contribution >= 4 is 11.5 Å². The number of nitro groups is 1. The molecule has 6 heteroatoms. The van der Waals surface area contributed by atoms with Gasteiger partial charge in [-0.1, -0.05) is 0 Å². The van der Waals surface area contributed by atoms with Crippen LogP contribution in [0.15, 0.2) is 18.3 Å². The van der Waals surface area contributed by atoms with Crippen molar-refractivity contribution in [3.8, 4) is 0 Å². The third kappa shape index (κ3) is 3.47. The van der Waals surface area contributed by atoms with E-state index in [0.29, 0.717) is 18.4 Å². The van der Waals surface area contributed by atoms with Gasteiger partial charge in [0.15, 0.2) is 0 Å². The first-order valence-electron chi connectivity index (χ1n) is 5.01. The zero-order chi connectivity index (χ0) is 12.1. The maximum Gasteiger partial charge on any atom is 0.274 e. The van der Waals surface area contributed by atoms with Crippen molar-refractivity contribution in [2.75, 3.05) is 26.0 Å². The molecular weight excluding hydrogens is 208 g/mol. The quantitative estimate of drug-likeness (QED) is 0.604. The van der Waals surface area contributed by atoms with E-state index in [4.69, 9.17) is 0 Å². The second-order valence-electron chi connectivity index (χ2n) is 3.85. The standard InChI is InChI=1S/C10H16N4O2/c1-8(13(2)3)7-12-10-6-9(14(15)16)4-5-11-10/h4-6,8H,7H2,1-3H3,(H,11,12). The highest BCUT2D eigenvalue weighted by Gasteiger charge is 2.08. The molecular formula is C10H16N4O2. The molecule has 0 aliphatic rings. The van der Waals surface area contributed by atoms with E-state index < -0.39 is 4.92 Å². The predicted molar refractivity (Wildman–Crippen MR) is 62.5 cm³/mol. The lowest BCUT2D eigenvalue weighted by Gasteiger charge is -2.20. The van der Waals surface area contributed by atoms with Gasteiger partial charge in [0, 0.05) is 24.8 Å². The van der Waals surface area contributed by atoms with Crippen molar-refractivity contribution in [2.45, 2.75) is 13.0 Å². The van der Waals surface area contributed by atoms with Crippen LogP contribution < -0.4 is 5.32 Å². The lowest BCUT2D eigenvalue weighted by molar-refractivity contribution is -0.384. The van der Waals surface area contributed by atoms with Gasteiger partial charge in [-0.25, -0.2) is 4.98 Å². The van der Waals surface area contributed by atoms with Gasteiger partial charge >= 0.3 is 0 Å². The summed E-state index contributed by atoms with van der Waals surface area (Å²) in [6.07, 6.45) is 1.43. The minimum absolute atomic E-state index is 0.0509. The highest BCUT2D eigenvalue weighted by atomic mass is 16.6. The van der Waals surface area contributed by atoms with E-state index in [-0.39, 0.29) is 5.69 Å². The fraction of sp³-hybridized carbons (Fsp3) is 0.500. The van der Waals surface area contributed by atoms with E-state index in [1.54, 1.807) is 0 Å². The number of anilines is 1. The number of nitrogens with one attached hydrogen (secondary N) is 1. The van der Waals surface area contributed by atoms with Gasteiger partial charge in [0.2, 0.25) is 0 Å². The maximum absolute atomic E-state index is 10.5. The monoisotopic (exact) mass is 224 g/mol. The van der Waals surface area contributed by atoms with Crippen molar-refractivity contribution in [3.63, 3.8) is 0 Å². The highest BCUT2D eigenvalue weighted by molar-refractivity contribution is 5.44. The van der Waals surface area contributed by atoms with Gasteiger partial charge in [0.05, 0.1) is 11.0 Å². The van der Waals surface area contributed by atoms with Crippen LogP contribution in [0.3, 0.4) is 0 Å². The maximum atomic E-state index is 10.5. The second kappa shape index (κ2) is 5.41. The summed E-state index contributed by atoms with van der Waals surface area (Å²) >= 11 is 0. The van der Waals surface area contributed by atoms with E-state index >= 15 is 0 Å². The van der Waals surface area contributed by atoms with Crippen LogP contribution in [0.1, 0.15) is 6.92 Å². The molecule has 1 atom stereocenters. The summed E-state index contributed by atoms with van der Waals surface area (Å²) in [6, 6.07) is 3.14. The van der Waals surface area contributed by atoms with Crippen LogP contribution in [0.4, 0.5) is 11.5 Å². The molecule has 0 aliphatic heterocycles. The molecule has 0 aliphatic carbocycles. The van der Waals surface area contributed by atoms with Gasteiger partial charge in [0.1, 0.15) is 5.82 Å². The normalized spacial score (nSPS) is 12.5. The van der Waals surface area contributed by atoms with Crippen molar-refractivity contribution < 1.29 is 4.92 Å². The van der Waals surface area contributed by atoms with Gasteiger partial charge in [-0.05, 0) is 21.0 Å². The van der Waals surface area contributed by atoms with E-state index in [1.807, 2.05) is 14.1 Å². The van der Waals surface area contributed by atoms with Crippen molar-refractivity contribution in [2.24, 2.45) is 0 Å². The molecule has 0 saturated heterocycles. The average Bonchev–Trinajstić information content (AvgIpc) is 2.26. The van der Waals surface area contributed by atoms with Gasteiger partial charge < -0.3 is 10.2 Å². The molecule has 0 bridgehead atoms. The van der Waals surface area contributed by atoms with Crippen LogP contribution >= 0.6 is 0 Å². The van der Waals surface area contributed by atoms with Gasteiger partial charge in [0.25, 0.3) is 5.69 Å². The highest BCUT2D eigenvalue weighted by Crippen LogP contribution is 2.14. The number of nitrogens with zero attached hydrogens (tertiary/aromatic N) is 3. The Morgan fingerprint density at radius 3 is 2.88 bits per heavy atom. The van der Waals surface area contributed by atoms with E-state index in [1.165, 1.54) is 18.3 Å². The predicted octanol–water partition coefficient (Wildman–Crippen LogP) is 1.35. The number of aromatic nitrogens is 1. The molecule has 1 unspecified atom stereocenters. The Hall–Kier alpha value is -1.69. The topological polar surface area (TPSA) is 71.3 Å². The summed E-state index contributed by atoms with van der Waals surface area (Å²) in [4.78, 5) is 16.2. The molecule has 1 heterocycles. The van der Waals surface area contributed by atoms with Gasteiger partial charge in [-0.15, -0.1) is 0 Å².